The highest BCUT2D eigenvalue weighted by atomic mass is 16.5. The first-order valence-corrected chi connectivity index (χ1v) is 6.03. The van der Waals surface area contributed by atoms with Crippen LogP contribution in [0.15, 0.2) is 0 Å². The summed E-state index contributed by atoms with van der Waals surface area (Å²) in [6.07, 6.45) is 4.98. The fourth-order valence-corrected chi connectivity index (χ4v) is 1.86. The maximum absolute atomic E-state index is 5.47. The van der Waals surface area contributed by atoms with Crippen LogP contribution in [0.3, 0.4) is 0 Å². The van der Waals surface area contributed by atoms with E-state index in [2.05, 4.69) is 26.1 Å². The Balaban J connectivity index is 2.23. The summed E-state index contributed by atoms with van der Waals surface area (Å²) in [5, 5.41) is 3.69. The average molecular weight is 199 g/mol. The number of hydrogen-bond donors (Lipinski definition) is 1. The molecule has 14 heavy (non-hydrogen) atoms. The van der Waals surface area contributed by atoms with Crippen LogP contribution in [-0.4, -0.2) is 25.3 Å². The van der Waals surface area contributed by atoms with E-state index >= 15 is 0 Å². The van der Waals surface area contributed by atoms with Gasteiger partial charge < -0.3 is 10.1 Å². The highest BCUT2D eigenvalue weighted by molar-refractivity contribution is 4.81. The standard InChI is InChI=1S/C12H25NO/c1-4-12(3,5-2)13-9-11-7-6-8-14-10-11/h11,13H,4-10H2,1-3H3. The third-order valence-corrected chi connectivity index (χ3v) is 3.63. The number of ether oxygens (including phenoxy) is 1. The maximum atomic E-state index is 5.47. The van der Waals surface area contributed by atoms with Crippen LogP contribution >= 0.6 is 0 Å². The van der Waals surface area contributed by atoms with Gasteiger partial charge in [-0.05, 0) is 38.5 Å². The van der Waals surface area contributed by atoms with Gasteiger partial charge in [-0.15, -0.1) is 0 Å². The van der Waals surface area contributed by atoms with E-state index in [-0.39, 0.29) is 0 Å². The van der Waals surface area contributed by atoms with Gasteiger partial charge >= 0.3 is 0 Å². The molecule has 1 aliphatic rings. The minimum Gasteiger partial charge on any atom is -0.381 e. The summed E-state index contributed by atoms with van der Waals surface area (Å²) < 4.78 is 5.47. The molecule has 1 atom stereocenters. The third kappa shape index (κ3) is 3.58. The Kier molecular flexibility index (Phi) is 4.90. The Morgan fingerprint density at radius 3 is 2.57 bits per heavy atom. The molecule has 0 spiro atoms. The Morgan fingerprint density at radius 2 is 2.07 bits per heavy atom. The van der Waals surface area contributed by atoms with E-state index in [1.807, 2.05) is 0 Å². The summed E-state index contributed by atoms with van der Waals surface area (Å²) in [4.78, 5) is 0. The van der Waals surface area contributed by atoms with Gasteiger partial charge in [-0.1, -0.05) is 13.8 Å². The molecule has 0 aromatic rings. The molecule has 0 aromatic carbocycles. The lowest BCUT2D eigenvalue weighted by Crippen LogP contribution is -2.44. The maximum Gasteiger partial charge on any atom is 0.0506 e. The van der Waals surface area contributed by atoms with Crippen LogP contribution in [-0.2, 0) is 4.74 Å². The summed E-state index contributed by atoms with van der Waals surface area (Å²) in [7, 11) is 0. The number of hydrogen-bond acceptors (Lipinski definition) is 2. The molecule has 0 saturated carbocycles. The smallest absolute Gasteiger partial charge is 0.0506 e. The van der Waals surface area contributed by atoms with Gasteiger partial charge in [0.2, 0.25) is 0 Å². The molecule has 0 amide bonds. The lowest BCUT2D eigenvalue weighted by Gasteiger charge is -2.32. The van der Waals surface area contributed by atoms with Gasteiger partial charge in [0.05, 0.1) is 6.61 Å². The SMILES string of the molecule is CCC(C)(CC)NCC1CCCOC1. The summed E-state index contributed by atoms with van der Waals surface area (Å²) in [6, 6.07) is 0. The van der Waals surface area contributed by atoms with Crippen molar-refractivity contribution in [2.45, 2.75) is 52.0 Å². The normalized spacial score (nSPS) is 23.8. The second-order valence-electron chi connectivity index (χ2n) is 4.73. The lowest BCUT2D eigenvalue weighted by atomic mass is 9.93. The molecule has 0 aliphatic carbocycles. The van der Waals surface area contributed by atoms with Gasteiger partial charge in [0.1, 0.15) is 0 Å². The summed E-state index contributed by atoms with van der Waals surface area (Å²) in [6.45, 7) is 9.88. The Labute approximate surface area is 88.4 Å². The van der Waals surface area contributed by atoms with Crippen LogP contribution in [0.4, 0.5) is 0 Å². The molecular weight excluding hydrogens is 174 g/mol. The average Bonchev–Trinajstić information content (AvgIpc) is 2.27. The number of rotatable bonds is 5. The highest BCUT2D eigenvalue weighted by Gasteiger charge is 2.21. The first-order chi connectivity index (χ1) is 6.70. The van der Waals surface area contributed by atoms with Crippen LogP contribution in [0.25, 0.3) is 0 Å². The van der Waals surface area contributed by atoms with Crippen LogP contribution in [0.5, 0.6) is 0 Å². The molecule has 1 fully saturated rings. The highest BCUT2D eigenvalue weighted by Crippen LogP contribution is 2.17. The van der Waals surface area contributed by atoms with Crippen LogP contribution in [0, 0.1) is 5.92 Å². The van der Waals surface area contributed by atoms with E-state index < -0.39 is 0 Å². The molecule has 2 heteroatoms. The van der Waals surface area contributed by atoms with E-state index in [9.17, 15) is 0 Å². The first kappa shape index (κ1) is 12.0. The predicted molar refractivity (Wildman–Crippen MR) is 60.5 cm³/mol. The first-order valence-electron chi connectivity index (χ1n) is 6.03. The van der Waals surface area contributed by atoms with Crippen LogP contribution in [0.2, 0.25) is 0 Å². The van der Waals surface area contributed by atoms with Gasteiger partial charge in [0, 0.05) is 18.7 Å². The fraction of sp³-hybridized carbons (Fsp3) is 1.00. The quantitative estimate of drug-likeness (QED) is 0.735. The molecule has 1 heterocycles. The Bertz CT molecular complexity index is 148. The molecule has 1 rings (SSSR count). The zero-order chi connectivity index (χ0) is 10.4. The third-order valence-electron chi connectivity index (χ3n) is 3.63. The molecule has 0 radical (unpaired) electrons. The van der Waals surface area contributed by atoms with Crippen LogP contribution in [0.1, 0.15) is 46.5 Å². The van der Waals surface area contributed by atoms with Gasteiger partial charge in [-0.2, -0.15) is 0 Å². The van der Waals surface area contributed by atoms with Crippen molar-refractivity contribution in [2.75, 3.05) is 19.8 Å². The summed E-state index contributed by atoms with van der Waals surface area (Å²) >= 11 is 0. The predicted octanol–water partition coefficient (Wildman–Crippen LogP) is 2.58. The lowest BCUT2D eigenvalue weighted by molar-refractivity contribution is 0.0514. The van der Waals surface area contributed by atoms with Crippen molar-refractivity contribution in [1.82, 2.24) is 5.32 Å². The van der Waals surface area contributed by atoms with Gasteiger partial charge in [0.15, 0.2) is 0 Å². The van der Waals surface area contributed by atoms with Crippen molar-refractivity contribution in [3.63, 3.8) is 0 Å². The van der Waals surface area contributed by atoms with Crippen molar-refractivity contribution in [1.29, 1.82) is 0 Å². The molecular formula is C12H25NO. The summed E-state index contributed by atoms with van der Waals surface area (Å²) in [5.74, 6) is 0.737. The van der Waals surface area contributed by atoms with Crippen molar-refractivity contribution in [2.24, 2.45) is 5.92 Å². The second-order valence-corrected chi connectivity index (χ2v) is 4.73. The molecule has 2 nitrogen and oxygen atoms in total. The van der Waals surface area contributed by atoms with E-state index in [4.69, 9.17) is 4.74 Å². The molecule has 1 aliphatic heterocycles. The van der Waals surface area contributed by atoms with Crippen molar-refractivity contribution in [3.05, 3.63) is 0 Å². The Hall–Kier alpha value is -0.0800. The molecule has 0 aromatic heterocycles. The van der Waals surface area contributed by atoms with Gasteiger partial charge in [-0.3, -0.25) is 0 Å². The van der Waals surface area contributed by atoms with E-state index in [1.165, 1.54) is 25.7 Å². The zero-order valence-corrected chi connectivity index (χ0v) is 9.94. The second kappa shape index (κ2) is 5.72. The molecule has 0 bridgehead atoms. The van der Waals surface area contributed by atoms with Crippen molar-refractivity contribution in [3.8, 4) is 0 Å². The van der Waals surface area contributed by atoms with Crippen molar-refractivity contribution < 1.29 is 4.74 Å². The zero-order valence-electron chi connectivity index (χ0n) is 9.94. The van der Waals surface area contributed by atoms with E-state index in [0.717, 1.165) is 25.7 Å². The van der Waals surface area contributed by atoms with Gasteiger partial charge in [-0.25, -0.2) is 0 Å². The monoisotopic (exact) mass is 199 g/mol. The minimum absolute atomic E-state index is 0.331. The number of nitrogens with one attached hydrogen (secondary N) is 1. The van der Waals surface area contributed by atoms with Gasteiger partial charge in [0.25, 0.3) is 0 Å². The Morgan fingerprint density at radius 1 is 1.36 bits per heavy atom. The molecule has 1 saturated heterocycles. The van der Waals surface area contributed by atoms with Crippen molar-refractivity contribution >= 4 is 0 Å². The molecule has 1 N–H and O–H groups in total. The molecule has 1 unspecified atom stereocenters. The molecule has 84 valence electrons. The largest absolute Gasteiger partial charge is 0.381 e. The topological polar surface area (TPSA) is 21.3 Å². The minimum atomic E-state index is 0.331. The van der Waals surface area contributed by atoms with Crippen LogP contribution < -0.4 is 5.32 Å². The van der Waals surface area contributed by atoms with E-state index in [1.54, 1.807) is 0 Å². The summed E-state index contributed by atoms with van der Waals surface area (Å²) in [5.41, 5.74) is 0.331. The fourth-order valence-electron chi connectivity index (χ4n) is 1.86. The van der Waals surface area contributed by atoms with E-state index in [0.29, 0.717) is 5.54 Å².